The molecular formula is C30H26ClNO6. The highest BCUT2D eigenvalue weighted by atomic mass is 35.5. The molecule has 5 rings (SSSR count). The average molecular weight is 532 g/mol. The number of nitrogens with zero attached hydrogens (tertiary/aromatic N) is 1. The topological polar surface area (TPSA) is 86.0 Å². The summed E-state index contributed by atoms with van der Waals surface area (Å²) in [5, 5.41) is 0.692. The monoisotopic (exact) mass is 531 g/mol. The van der Waals surface area contributed by atoms with Gasteiger partial charge in [-0.2, -0.15) is 0 Å². The van der Waals surface area contributed by atoms with Gasteiger partial charge in [0.15, 0.2) is 5.43 Å². The zero-order valence-corrected chi connectivity index (χ0v) is 21.8. The van der Waals surface area contributed by atoms with Crippen LogP contribution in [0.25, 0.3) is 11.0 Å². The molecule has 8 heteroatoms. The van der Waals surface area contributed by atoms with Crippen molar-refractivity contribution in [2.75, 3.05) is 18.1 Å². The van der Waals surface area contributed by atoms with Crippen LogP contribution in [0.15, 0.2) is 75.9 Å². The molecule has 7 nitrogen and oxygen atoms in total. The third-order valence-corrected chi connectivity index (χ3v) is 6.69. The van der Waals surface area contributed by atoms with E-state index in [0.717, 1.165) is 12.8 Å². The molecule has 4 aromatic rings. The Balaban J connectivity index is 1.61. The molecule has 0 saturated heterocycles. The van der Waals surface area contributed by atoms with Crippen molar-refractivity contribution in [3.05, 3.63) is 104 Å². The summed E-state index contributed by atoms with van der Waals surface area (Å²) in [6.45, 7) is 4.78. The van der Waals surface area contributed by atoms with Crippen LogP contribution in [0.3, 0.4) is 0 Å². The number of carbonyl (C=O) groups excluding carboxylic acids is 2. The van der Waals surface area contributed by atoms with Gasteiger partial charge in [0.1, 0.15) is 11.3 Å². The number of esters is 1. The fourth-order valence-electron chi connectivity index (χ4n) is 4.59. The molecule has 0 spiro atoms. The van der Waals surface area contributed by atoms with Crippen molar-refractivity contribution in [2.24, 2.45) is 0 Å². The van der Waals surface area contributed by atoms with E-state index < -0.39 is 17.9 Å². The van der Waals surface area contributed by atoms with Crippen molar-refractivity contribution in [2.45, 2.75) is 32.7 Å². The molecule has 0 fully saturated rings. The fraction of sp³-hybridized carbons (Fsp3) is 0.233. The van der Waals surface area contributed by atoms with E-state index in [1.54, 1.807) is 54.6 Å². The van der Waals surface area contributed by atoms with Crippen LogP contribution in [0.5, 0.6) is 5.75 Å². The first-order valence-electron chi connectivity index (χ1n) is 12.5. The van der Waals surface area contributed by atoms with E-state index in [1.807, 2.05) is 26.0 Å². The van der Waals surface area contributed by atoms with Crippen molar-refractivity contribution in [3.8, 4) is 5.75 Å². The molecule has 1 aliphatic rings. The maximum absolute atomic E-state index is 13.8. The Morgan fingerprint density at radius 3 is 2.42 bits per heavy atom. The van der Waals surface area contributed by atoms with Gasteiger partial charge in [0.2, 0.25) is 5.76 Å². The quantitative estimate of drug-likeness (QED) is 0.189. The van der Waals surface area contributed by atoms with Crippen LogP contribution in [-0.2, 0) is 4.74 Å². The molecule has 0 N–H and O–H groups in total. The predicted molar refractivity (Wildman–Crippen MR) is 145 cm³/mol. The largest absolute Gasteiger partial charge is 0.494 e. The lowest BCUT2D eigenvalue weighted by Crippen LogP contribution is -2.29. The first kappa shape index (κ1) is 25.5. The van der Waals surface area contributed by atoms with Crippen molar-refractivity contribution < 1.29 is 23.5 Å². The SMILES string of the molecule is CCCCOC(=O)c1ccc(N2C(=O)c3oc4ccc(Cl)cc4c(=O)c3C2c2ccc(OCC)cc2)cc1. The lowest BCUT2D eigenvalue weighted by Gasteiger charge is -2.25. The molecule has 38 heavy (non-hydrogen) atoms. The summed E-state index contributed by atoms with van der Waals surface area (Å²) in [7, 11) is 0. The first-order valence-corrected chi connectivity index (χ1v) is 12.9. The summed E-state index contributed by atoms with van der Waals surface area (Å²) in [6, 6.07) is 17.8. The number of carbonyl (C=O) groups is 2. The number of anilines is 1. The number of benzene rings is 3. The minimum Gasteiger partial charge on any atom is -0.494 e. The second-order valence-electron chi connectivity index (χ2n) is 8.93. The molecule has 1 unspecified atom stereocenters. The summed E-state index contributed by atoms with van der Waals surface area (Å²) in [5.74, 6) is -0.224. The molecule has 0 aliphatic carbocycles. The van der Waals surface area contributed by atoms with Gasteiger partial charge in [-0.05, 0) is 73.5 Å². The van der Waals surface area contributed by atoms with E-state index >= 15 is 0 Å². The number of unbranched alkanes of at least 4 members (excludes halogenated alkanes) is 1. The third kappa shape index (κ3) is 4.65. The van der Waals surface area contributed by atoms with Crippen LogP contribution in [0.1, 0.15) is 64.8 Å². The van der Waals surface area contributed by atoms with Crippen molar-refractivity contribution in [3.63, 3.8) is 0 Å². The molecule has 2 heterocycles. The highest BCUT2D eigenvalue weighted by Crippen LogP contribution is 2.41. The van der Waals surface area contributed by atoms with Gasteiger partial charge in [-0.25, -0.2) is 4.79 Å². The lowest BCUT2D eigenvalue weighted by atomic mass is 9.98. The second kappa shape index (κ2) is 10.7. The fourth-order valence-corrected chi connectivity index (χ4v) is 4.76. The van der Waals surface area contributed by atoms with Crippen molar-refractivity contribution in [1.82, 2.24) is 0 Å². The molecular weight excluding hydrogens is 506 g/mol. The number of hydrogen-bond donors (Lipinski definition) is 0. The number of fused-ring (bicyclic) bond motifs is 2. The van der Waals surface area contributed by atoms with Crippen LogP contribution >= 0.6 is 11.6 Å². The van der Waals surface area contributed by atoms with Crippen LogP contribution in [0.2, 0.25) is 5.02 Å². The van der Waals surface area contributed by atoms with Gasteiger partial charge in [0, 0.05) is 10.7 Å². The summed E-state index contributed by atoms with van der Waals surface area (Å²) in [4.78, 5) is 41.4. The van der Waals surface area contributed by atoms with Gasteiger partial charge in [-0.1, -0.05) is 37.1 Å². The van der Waals surface area contributed by atoms with Crippen LogP contribution in [-0.4, -0.2) is 25.1 Å². The number of amides is 1. The van der Waals surface area contributed by atoms with Crippen molar-refractivity contribution >= 4 is 40.1 Å². The van der Waals surface area contributed by atoms with Crippen LogP contribution in [0.4, 0.5) is 5.69 Å². The smallest absolute Gasteiger partial charge is 0.338 e. The number of ether oxygens (including phenoxy) is 2. The van der Waals surface area contributed by atoms with Gasteiger partial charge >= 0.3 is 5.97 Å². The summed E-state index contributed by atoms with van der Waals surface area (Å²) < 4.78 is 16.9. The number of rotatable bonds is 8. The Morgan fingerprint density at radius 1 is 1.00 bits per heavy atom. The van der Waals surface area contributed by atoms with Crippen molar-refractivity contribution in [1.29, 1.82) is 0 Å². The average Bonchev–Trinajstić information content (AvgIpc) is 3.22. The Bertz CT molecular complexity index is 1560. The summed E-state index contributed by atoms with van der Waals surface area (Å²) in [5.41, 5.74) is 1.78. The molecule has 1 aromatic heterocycles. The summed E-state index contributed by atoms with van der Waals surface area (Å²) >= 11 is 6.17. The molecule has 194 valence electrons. The molecule has 1 atom stereocenters. The molecule has 0 radical (unpaired) electrons. The maximum atomic E-state index is 13.8. The minimum atomic E-state index is -0.754. The minimum absolute atomic E-state index is 0.0215. The second-order valence-corrected chi connectivity index (χ2v) is 9.37. The predicted octanol–water partition coefficient (Wildman–Crippen LogP) is 6.55. The van der Waals surface area contributed by atoms with Gasteiger partial charge in [-0.15, -0.1) is 0 Å². The third-order valence-electron chi connectivity index (χ3n) is 6.45. The number of hydrogen-bond acceptors (Lipinski definition) is 6. The normalized spacial score (nSPS) is 14.6. The van der Waals surface area contributed by atoms with E-state index in [9.17, 15) is 14.4 Å². The molecule has 3 aromatic carbocycles. The van der Waals surface area contributed by atoms with Crippen LogP contribution in [0, 0.1) is 0 Å². The van der Waals surface area contributed by atoms with Gasteiger partial charge in [0.25, 0.3) is 5.91 Å². The maximum Gasteiger partial charge on any atom is 0.338 e. The molecule has 0 saturated carbocycles. The molecule has 1 aliphatic heterocycles. The Morgan fingerprint density at radius 2 is 1.74 bits per heavy atom. The van der Waals surface area contributed by atoms with E-state index in [4.69, 9.17) is 25.5 Å². The standard InChI is InChI=1S/C30H26ClNO6/c1-3-5-16-37-30(35)19-6-11-21(12-7-19)32-26(18-8-13-22(14-9-18)36-4-2)25-27(33)23-17-20(31)10-15-24(23)38-28(25)29(32)34/h6-15,17,26H,3-5,16H2,1-2H3. The van der Waals surface area contributed by atoms with Gasteiger partial charge in [-0.3, -0.25) is 14.5 Å². The highest BCUT2D eigenvalue weighted by molar-refractivity contribution is 6.31. The van der Waals surface area contributed by atoms with E-state index in [0.29, 0.717) is 46.2 Å². The Kier molecular flexibility index (Phi) is 7.20. The van der Waals surface area contributed by atoms with Crippen LogP contribution < -0.4 is 15.1 Å². The zero-order valence-electron chi connectivity index (χ0n) is 21.0. The lowest BCUT2D eigenvalue weighted by molar-refractivity contribution is 0.0499. The Labute approximate surface area is 224 Å². The molecule has 1 amide bonds. The first-order chi connectivity index (χ1) is 18.4. The van der Waals surface area contributed by atoms with E-state index in [1.165, 1.54) is 4.90 Å². The zero-order chi connectivity index (χ0) is 26.8. The van der Waals surface area contributed by atoms with Gasteiger partial charge < -0.3 is 13.9 Å². The molecule has 0 bridgehead atoms. The van der Waals surface area contributed by atoms with E-state index in [2.05, 4.69) is 0 Å². The Hall–Kier alpha value is -4.10. The summed E-state index contributed by atoms with van der Waals surface area (Å²) in [6.07, 6.45) is 1.71. The highest BCUT2D eigenvalue weighted by Gasteiger charge is 2.43. The number of halogens is 1. The van der Waals surface area contributed by atoms with Gasteiger partial charge in [0.05, 0.1) is 35.8 Å². The van der Waals surface area contributed by atoms with E-state index in [-0.39, 0.29) is 22.3 Å².